The first-order valence-electron chi connectivity index (χ1n) is 3.13. The first kappa shape index (κ1) is 6.82. The summed E-state index contributed by atoms with van der Waals surface area (Å²) in [6, 6.07) is 8.70. The molecule has 0 amide bonds. The largest absolute Gasteiger partial charge is 0.192 e. The standard InChI is InChI=1S/C9H8N/c1-7-4-3-5-9(6-10)8(7)2/h3,5H,1-2H3. The molecule has 0 aliphatic rings. The molecule has 1 rings (SSSR count). The van der Waals surface area contributed by atoms with Crippen LogP contribution < -0.4 is 0 Å². The van der Waals surface area contributed by atoms with Crippen LogP contribution in [0.25, 0.3) is 0 Å². The second-order valence-electron chi connectivity index (χ2n) is 2.25. The molecule has 0 spiro atoms. The van der Waals surface area contributed by atoms with E-state index in [0.29, 0.717) is 0 Å². The molecule has 0 unspecified atom stereocenters. The van der Waals surface area contributed by atoms with Gasteiger partial charge in [0.05, 0.1) is 11.6 Å². The predicted molar refractivity (Wildman–Crippen MR) is 39.5 cm³/mol. The van der Waals surface area contributed by atoms with Gasteiger partial charge in [-0.25, -0.2) is 0 Å². The third kappa shape index (κ3) is 1.01. The van der Waals surface area contributed by atoms with Gasteiger partial charge in [0.2, 0.25) is 0 Å². The zero-order valence-electron chi connectivity index (χ0n) is 6.10. The van der Waals surface area contributed by atoms with E-state index in [1.165, 1.54) is 0 Å². The molecular formula is C9H8N. The zero-order valence-corrected chi connectivity index (χ0v) is 6.10. The Morgan fingerprint density at radius 1 is 1.50 bits per heavy atom. The third-order valence-corrected chi connectivity index (χ3v) is 1.64. The lowest BCUT2D eigenvalue weighted by atomic mass is 10.1. The lowest BCUT2D eigenvalue weighted by molar-refractivity contribution is 1.30. The molecular weight excluding hydrogens is 122 g/mol. The SMILES string of the molecule is Cc1[c]ccc(C#N)c1C. The van der Waals surface area contributed by atoms with E-state index in [4.69, 9.17) is 5.26 Å². The van der Waals surface area contributed by atoms with Gasteiger partial charge >= 0.3 is 0 Å². The molecule has 1 aromatic carbocycles. The molecule has 0 aliphatic carbocycles. The third-order valence-electron chi connectivity index (χ3n) is 1.64. The molecule has 0 aliphatic heterocycles. The Balaban J connectivity index is 3.31. The molecule has 1 aromatic rings. The summed E-state index contributed by atoms with van der Waals surface area (Å²) in [5, 5.41) is 8.58. The van der Waals surface area contributed by atoms with Crippen LogP contribution in [0.1, 0.15) is 16.7 Å². The van der Waals surface area contributed by atoms with Crippen LogP contribution in [0.4, 0.5) is 0 Å². The van der Waals surface area contributed by atoms with Crippen molar-refractivity contribution >= 4 is 0 Å². The van der Waals surface area contributed by atoms with Gasteiger partial charge in [0.15, 0.2) is 0 Å². The van der Waals surface area contributed by atoms with Crippen molar-refractivity contribution in [3.05, 3.63) is 34.9 Å². The highest BCUT2D eigenvalue weighted by molar-refractivity contribution is 5.40. The number of benzene rings is 1. The minimum absolute atomic E-state index is 0.747. The molecule has 0 aromatic heterocycles. The Labute approximate surface area is 60.9 Å². The van der Waals surface area contributed by atoms with Gasteiger partial charge in [0.25, 0.3) is 0 Å². The maximum absolute atomic E-state index is 8.58. The Kier molecular flexibility index (Phi) is 1.73. The minimum atomic E-state index is 0.747. The predicted octanol–water partition coefficient (Wildman–Crippen LogP) is 1.98. The normalized spacial score (nSPS) is 8.90. The first-order valence-corrected chi connectivity index (χ1v) is 3.13. The number of aryl methyl sites for hydroxylation is 1. The monoisotopic (exact) mass is 130 g/mol. The maximum atomic E-state index is 8.58. The zero-order chi connectivity index (χ0) is 7.56. The van der Waals surface area contributed by atoms with Crippen LogP contribution in [0.3, 0.4) is 0 Å². The van der Waals surface area contributed by atoms with Gasteiger partial charge in [0, 0.05) is 0 Å². The van der Waals surface area contributed by atoms with E-state index in [9.17, 15) is 0 Å². The Bertz CT molecular complexity index is 281. The fraction of sp³-hybridized carbons (Fsp3) is 0.222. The van der Waals surface area contributed by atoms with Crippen LogP contribution in [0, 0.1) is 31.2 Å². The van der Waals surface area contributed by atoms with Crippen molar-refractivity contribution in [2.24, 2.45) is 0 Å². The quantitative estimate of drug-likeness (QED) is 0.526. The molecule has 1 heteroatoms. The van der Waals surface area contributed by atoms with Crippen LogP contribution >= 0.6 is 0 Å². The summed E-state index contributed by atoms with van der Waals surface area (Å²) in [5.74, 6) is 0. The van der Waals surface area contributed by atoms with Gasteiger partial charge in [-0.3, -0.25) is 0 Å². The molecule has 1 radical (unpaired) electrons. The summed E-state index contributed by atoms with van der Waals surface area (Å²) in [6.45, 7) is 3.89. The summed E-state index contributed by atoms with van der Waals surface area (Å²) in [5.41, 5.74) is 2.83. The molecule has 0 saturated carbocycles. The molecule has 0 fully saturated rings. The number of rotatable bonds is 0. The number of nitrogens with zero attached hydrogens (tertiary/aromatic N) is 1. The summed E-state index contributed by atoms with van der Waals surface area (Å²) >= 11 is 0. The summed E-state index contributed by atoms with van der Waals surface area (Å²) in [7, 11) is 0. The summed E-state index contributed by atoms with van der Waals surface area (Å²) in [4.78, 5) is 0. The van der Waals surface area contributed by atoms with E-state index < -0.39 is 0 Å². The molecule has 49 valence electrons. The van der Waals surface area contributed by atoms with Gasteiger partial charge in [-0.1, -0.05) is 6.07 Å². The maximum Gasteiger partial charge on any atom is 0.0994 e. The van der Waals surface area contributed by atoms with Crippen molar-refractivity contribution in [2.45, 2.75) is 13.8 Å². The average Bonchev–Trinajstić information content (AvgIpc) is 1.95. The molecule has 0 saturated heterocycles. The van der Waals surface area contributed by atoms with E-state index in [1.54, 1.807) is 12.1 Å². The Morgan fingerprint density at radius 3 is 2.70 bits per heavy atom. The Morgan fingerprint density at radius 2 is 2.20 bits per heavy atom. The van der Waals surface area contributed by atoms with Gasteiger partial charge < -0.3 is 0 Å². The highest BCUT2D eigenvalue weighted by Gasteiger charge is 1.96. The van der Waals surface area contributed by atoms with Crippen molar-refractivity contribution in [3.8, 4) is 6.07 Å². The van der Waals surface area contributed by atoms with Crippen molar-refractivity contribution in [3.63, 3.8) is 0 Å². The van der Waals surface area contributed by atoms with Gasteiger partial charge in [-0.15, -0.1) is 0 Å². The van der Waals surface area contributed by atoms with Gasteiger partial charge in [-0.2, -0.15) is 5.26 Å². The van der Waals surface area contributed by atoms with Gasteiger partial charge in [-0.05, 0) is 37.1 Å². The van der Waals surface area contributed by atoms with Crippen LogP contribution in [0.5, 0.6) is 0 Å². The minimum Gasteiger partial charge on any atom is -0.192 e. The van der Waals surface area contributed by atoms with Crippen molar-refractivity contribution in [2.75, 3.05) is 0 Å². The number of hydrogen-bond acceptors (Lipinski definition) is 1. The van der Waals surface area contributed by atoms with Crippen LogP contribution in [-0.2, 0) is 0 Å². The summed E-state index contributed by atoms with van der Waals surface area (Å²) in [6.07, 6.45) is 0. The van der Waals surface area contributed by atoms with E-state index >= 15 is 0 Å². The van der Waals surface area contributed by atoms with Crippen LogP contribution in [-0.4, -0.2) is 0 Å². The second kappa shape index (κ2) is 2.53. The highest BCUT2D eigenvalue weighted by atomic mass is 14.2. The van der Waals surface area contributed by atoms with E-state index in [1.807, 2.05) is 13.8 Å². The fourth-order valence-corrected chi connectivity index (χ4v) is 0.806. The first-order chi connectivity index (χ1) is 4.75. The molecule has 0 atom stereocenters. The second-order valence-corrected chi connectivity index (χ2v) is 2.25. The van der Waals surface area contributed by atoms with Crippen molar-refractivity contribution in [1.82, 2.24) is 0 Å². The lowest BCUT2D eigenvalue weighted by Gasteiger charge is -1.98. The van der Waals surface area contributed by atoms with Crippen molar-refractivity contribution < 1.29 is 0 Å². The summed E-state index contributed by atoms with van der Waals surface area (Å²) < 4.78 is 0. The van der Waals surface area contributed by atoms with E-state index in [0.717, 1.165) is 16.7 Å². The number of nitriles is 1. The molecule has 10 heavy (non-hydrogen) atoms. The fourth-order valence-electron chi connectivity index (χ4n) is 0.806. The van der Waals surface area contributed by atoms with Crippen LogP contribution in [0.15, 0.2) is 12.1 Å². The number of hydrogen-bond donors (Lipinski definition) is 0. The van der Waals surface area contributed by atoms with Crippen molar-refractivity contribution in [1.29, 1.82) is 5.26 Å². The smallest absolute Gasteiger partial charge is 0.0994 e. The molecule has 0 N–H and O–H groups in total. The molecule has 1 nitrogen and oxygen atoms in total. The van der Waals surface area contributed by atoms with Gasteiger partial charge in [0.1, 0.15) is 0 Å². The van der Waals surface area contributed by atoms with Crippen LogP contribution in [0.2, 0.25) is 0 Å². The Hall–Kier alpha value is -1.29. The molecule has 0 bridgehead atoms. The van der Waals surface area contributed by atoms with E-state index in [-0.39, 0.29) is 0 Å². The lowest BCUT2D eigenvalue weighted by Crippen LogP contribution is -1.85. The van der Waals surface area contributed by atoms with E-state index in [2.05, 4.69) is 12.1 Å². The topological polar surface area (TPSA) is 23.8 Å². The molecule has 0 heterocycles. The highest BCUT2D eigenvalue weighted by Crippen LogP contribution is 2.09. The average molecular weight is 130 g/mol.